The van der Waals surface area contributed by atoms with E-state index in [1.807, 2.05) is 23.9 Å². The third-order valence-electron chi connectivity index (χ3n) is 5.52. The highest BCUT2D eigenvalue weighted by molar-refractivity contribution is 7.99. The predicted octanol–water partition coefficient (Wildman–Crippen LogP) is 4.14. The van der Waals surface area contributed by atoms with Gasteiger partial charge in [0.15, 0.2) is 5.16 Å². The van der Waals surface area contributed by atoms with E-state index in [9.17, 15) is 0 Å². The van der Waals surface area contributed by atoms with Gasteiger partial charge in [-0.05, 0) is 37.3 Å². The fourth-order valence-corrected chi connectivity index (χ4v) is 4.95. The summed E-state index contributed by atoms with van der Waals surface area (Å²) in [6.45, 7) is 3.55. The van der Waals surface area contributed by atoms with Crippen molar-refractivity contribution in [1.82, 2.24) is 19.7 Å². The van der Waals surface area contributed by atoms with Crippen LogP contribution in [-0.2, 0) is 11.3 Å². The highest BCUT2D eigenvalue weighted by Gasteiger charge is 2.36. The number of thioether (sulfide) groups is 1. The van der Waals surface area contributed by atoms with Gasteiger partial charge in [0, 0.05) is 42.4 Å². The lowest BCUT2D eigenvalue weighted by molar-refractivity contribution is -0.0187. The second-order valence-electron chi connectivity index (χ2n) is 7.85. The lowest BCUT2D eigenvalue weighted by Gasteiger charge is -2.33. The Balaban J connectivity index is 1.20. The van der Waals surface area contributed by atoms with Crippen LogP contribution in [0.4, 0.5) is 0 Å². The lowest BCUT2D eigenvalue weighted by Crippen LogP contribution is -2.43. The second kappa shape index (κ2) is 7.74. The Morgan fingerprint density at radius 2 is 2.00 bits per heavy atom. The van der Waals surface area contributed by atoms with Crippen molar-refractivity contribution in [3.8, 4) is 0 Å². The van der Waals surface area contributed by atoms with Gasteiger partial charge in [-0.2, -0.15) is 0 Å². The van der Waals surface area contributed by atoms with Gasteiger partial charge in [-0.1, -0.05) is 41.6 Å². The number of rotatable bonds is 7. The van der Waals surface area contributed by atoms with E-state index in [1.165, 1.54) is 37.1 Å². The highest BCUT2D eigenvalue weighted by atomic mass is 35.5. The van der Waals surface area contributed by atoms with Crippen molar-refractivity contribution in [2.75, 3.05) is 25.4 Å². The molecule has 7 heteroatoms. The Morgan fingerprint density at radius 3 is 2.78 bits per heavy atom. The Kier molecular flexibility index (Phi) is 5.15. The van der Waals surface area contributed by atoms with E-state index in [0.717, 1.165) is 42.2 Å². The average Bonchev–Trinajstić information content (AvgIpc) is 3.61. The van der Waals surface area contributed by atoms with E-state index < -0.39 is 0 Å². The molecule has 27 heavy (non-hydrogen) atoms. The molecule has 0 amide bonds. The molecular weight excluding hydrogens is 380 g/mol. The van der Waals surface area contributed by atoms with E-state index in [2.05, 4.69) is 31.8 Å². The van der Waals surface area contributed by atoms with Gasteiger partial charge < -0.3 is 9.30 Å². The summed E-state index contributed by atoms with van der Waals surface area (Å²) in [6.07, 6.45) is 5.32. The van der Waals surface area contributed by atoms with E-state index in [-0.39, 0.29) is 6.10 Å². The second-order valence-corrected chi connectivity index (χ2v) is 9.24. The third kappa shape index (κ3) is 4.19. The summed E-state index contributed by atoms with van der Waals surface area (Å²) in [5.74, 6) is 2.81. The number of ether oxygens (including phenoxy) is 1. The molecule has 0 bridgehead atoms. The third-order valence-corrected chi connectivity index (χ3v) is 6.96. The van der Waals surface area contributed by atoms with Gasteiger partial charge in [0.25, 0.3) is 0 Å². The molecule has 1 unspecified atom stereocenters. The lowest BCUT2D eigenvalue weighted by atomic mass is 10.2. The minimum Gasteiger partial charge on any atom is -0.375 e. The minimum atomic E-state index is 0.222. The molecule has 5 rings (SSSR count). The van der Waals surface area contributed by atoms with Crippen molar-refractivity contribution in [3.63, 3.8) is 0 Å². The van der Waals surface area contributed by atoms with Crippen LogP contribution in [0.25, 0.3) is 0 Å². The summed E-state index contributed by atoms with van der Waals surface area (Å²) in [7, 11) is 0. The van der Waals surface area contributed by atoms with Crippen LogP contribution in [0, 0.1) is 0 Å². The summed E-state index contributed by atoms with van der Waals surface area (Å²) >= 11 is 8.14. The zero-order chi connectivity index (χ0) is 18.2. The molecule has 3 aliphatic rings. The molecule has 2 saturated carbocycles. The van der Waals surface area contributed by atoms with E-state index in [1.54, 1.807) is 0 Å². The van der Waals surface area contributed by atoms with Gasteiger partial charge in [0.2, 0.25) is 0 Å². The first-order valence-electron chi connectivity index (χ1n) is 9.93. The maximum absolute atomic E-state index is 6.33. The summed E-state index contributed by atoms with van der Waals surface area (Å²) in [4.78, 5) is 2.44. The molecule has 2 heterocycles. The number of nitrogens with zero attached hydrogens (tertiary/aromatic N) is 4. The zero-order valence-electron chi connectivity index (χ0n) is 15.4. The van der Waals surface area contributed by atoms with Crippen LogP contribution in [0.15, 0.2) is 29.4 Å². The monoisotopic (exact) mass is 404 g/mol. The molecule has 1 aromatic heterocycles. The van der Waals surface area contributed by atoms with Gasteiger partial charge >= 0.3 is 0 Å². The summed E-state index contributed by atoms with van der Waals surface area (Å²) in [6, 6.07) is 8.75. The maximum Gasteiger partial charge on any atom is 0.191 e. The zero-order valence-corrected chi connectivity index (χ0v) is 17.0. The topological polar surface area (TPSA) is 43.2 Å². The van der Waals surface area contributed by atoms with Crippen LogP contribution in [0.5, 0.6) is 0 Å². The minimum absolute atomic E-state index is 0.222. The highest BCUT2D eigenvalue weighted by Crippen LogP contribution is 2.46. The van der Waals surface area contributed by atoms with Crippen LogP contribution in [0.2, 0.25) is 5.02 Å². The summed E-state index contributed by atoms with van der Waals surface area (Å²) in [5.41, 5.74) is 1.19. The normalized spacial score (nSPS) is 23.7. The number of morpholine rings is 1. The van der Waals surface area contributed by atoms with Crippen molar-refractivity contribution in [2.45, 2.75) is 55.4 Å². The Bertz CT molecular complexity index is 805. The van der Waals surface area contributed by atoms with Gasteiger partial charge in [-0.3, -0.25) is 4.90 Å². The molecule has 0 spiro atoms. The molecule has 0 radical (unpaired) electrons. The first kappa shape index (κ1) is 18.0. The van der Waals surface area contributed by atoms with Crippen LogP contribution in [0.1, 0.15) is 49.0 Å². The average molecular weight is 405 g/mol. The number of hydrogen-bond acceptors (Lipinski definition) is 5. The van der Waals surface area contributed by atoms with Crippen LogP contribution in [0.3, 0.4) is 0 Å². The van der Waals surface area contributed by atoms with Crippen LogP contribution < -0.4 is 0 Å². The Hall–Kier alpha value is -1.08. The molecule has 0 N–H and O–H groups in total. The molecular formula is C20H25ClN4OS. The molecule has 2 aromatic rings. The Morgan fingerprint density at radius 1 is 1.15 bits per heavy atom. The van der Waals surface area contributed by atoms with Crippen molar-refractivity contribution >= 4 is 23.4 Å². The van der Waals surface area contributed by atoms with E-state index in [0.29, 0.717) is 12.0 Å². The first-order valence-corrected chi connectivity index (χ1v) is 11.3. The van der Waals surface area contributed by atoms with Gasteiger partial charge in [0.05, 0.1) is 12.7 Å². The van der Waals surface area contributed by atoms with Crippen LogP contribution >= 0.6 is 23.4 Å². The van der Waals surface area contributed by atoms with E-state index in [4.69, 9.17) is 16.3 Å². The van der Waals surface area contributed by atoms with Crippen molar-refractivity contribution in [2.24, 2.45) is 0 Å². The molecule has 1 saturated heterocycles. The summed E-state index contributed by atoms with van der Waals surface area (Å²) < 4.78 is 8.45. The molecule has 2 aliphatic carbocycles. The first-order chi connectivity index (χ1) is 13.3. The van der Waals surface area contributed by atoms with Gasteiger partial charge in [0.1, 0.15) is 5.82 Å². The molecule has 144 valence electrons. The van der Waals surface area contributed by atoms with Gasteiger partial charge in [-0.25, -0.2) is 0 Å². The smallest absolute Gasteiger partial charge is 0.191 e. The number of hydrogen-bond donors (Lipinski definition) is 0. The predicted molar refractivity (Wildman–Crippen MR) is 107 cm³/mol. The largest absolute Gasteiger partial charge is 0.375 e. The number of aromatic nitrogens is 3. The number of benzene rings is 1. The fourth-order valence-electron chi connectivity index (χ4n) is 3.74. The van der Waals surface area contributed by atoms with Crippen LogP contribution in [-0.4, -0.2) is 51.2 Å². The molecule has 1 atom stereocenters. The molecule has 1 aliphatic heterocycles. The van der Waals surface area contributed by atoms with Crippen molar-refractivity contribution < 1.29 is 4.74 Å². The quantitative estimate of drug-likeness (QED) is 0.649. The number of halogens is 1. The standard InChI is InChI=1S/C20H25ClN4OS/c21-18-4-2-1-3-15(18)11-24-9-10-26-17(12-24)13-27-20-23-22-19(14-5-6-14)25(20)16-7-8-16/h1-4,14,16-17H,5-13H2. The Labute approximate surface area is 169 Å². The fraction of sp³-hybridized carbons (Fsp3) is 0.600. The SMILES string of the molecule is Clc1ccccc1CN1CCOC(CSc2nnc(C3CC3)n2C2CC2)C1. The maximum atomic E-state index is 6.33. The van der Waals surface area contributed by atoms with Gasteiger partial charge in [-0.15, -0.1) is 10.2 Å². The summed E-state index contributed by atoms with van der Waals surface area (Å²) in [5, 5.41) is 11.0. The molecule has 3 fully saturated rings. The molecule has 5 nitrogen and oxygen atoms in total. The van der Waals surface area contributed by atoms with Crippen molar-refractivity contribution in [3.05, 3.63) is 40.7 Å². The van der Waals surface area contributed by atoms with Crippen molar-refractivity contribution in [1.29, 1.82) is 0 Å². The van der Waals surface area contributed by atoms with E-state index >= 15 is 0 Å². The molecule has 1 aromatic carbocycles.